The molecule has 1 saturated carbocycles. The summed E-state index contributed by atoms with van der Waals surface area (Å²) in [4.78, 5) is 18.4. The van der Waals surface area contributed by atoms with Crippen LogP contribution in [0.3, 0.4) is 0 Å². The summed E-state index contributed by atoms with van der Waals surface area (Å²) in [5, 5.41) is 1.31. The minimum atomic E-state index is 0.0160. The Kier molecular flexibility index (Phi) is 7.77. The summed E-state index contributed by atoms with van der Waals surface area (Å²) in [7, 11) is 0. The number of benzene rings is 3. The topological polar surface area (TPSA) is 23.6 Å². The fourth-order valence-electron chi connectivity index (χ4n) is 5.94. The molecule has 0 N–H and O–H groups in total. The molecule has 3 aromatic carbocycles. The maximum Gasteiger partial charge on any atom is 0.258 e. The Morgan fingerprint density at radius 2 is 1.34 bits per heavy atom. The molecule has 2 atom stereocenters. The van der Waals surface area contributed by atoms with E-state index in [1.54, 1.807) is 12.1 Å². The predicted octanol–water partition coefficient (Wildman–Crippen LogP) is 7.83. The van der Waals surface area contributed by atoms with Gasteiger partial charge in [-0.1, -0.05) is 66.4 Å². The van der Waals surface area contributed by atoms with Crippen LogP contribution in [-0.2, 0) is 0 Å². The first-order valence-corrected chi connectivity index (χ1v) is 13.5. The highest BCUT2D eigenvalue weighted by molar-refractivity contribution is 6.31. The van der Waals surface area contributed by atoms with Gasteiger partial charge in [0.1, 0.15) is 0 Å². The quantitative estimate of drug-likeness (QED) is 0.351. The first kappa shape index (κ1) is 24.4. The maximum atomic E-state index is 13.7. The minimum Gasteiger partial charge on any atom is -0.305 e. The van der Waals surface area contributed by atoms with Gasteiger partial charge in [-0.3, -0.25) is 9.69 Å². The number of nitrogens with zero attached hydrogens (tertiary/aromatic N) is 2. The second-order valence-corrected chi connectivity index (χ2v) is 10.7. The van der Waals surface area contributed by atoms with Gasteiger partial charge in [-0.05, 0) is 85.7 Å². The molecule has 0 bridgehead atoms. The van der Waals surface area contributed by atoms with Crippen LogP contribution in [0.5, 0.6) is 0 Å². The molecule has 0 aromatic heterocycles. The summed E-state index contributed by atoms with van der Waals surface area (Å²) in [6.45, 7) is 2.02. The maximum absolute atomic E-state index is 13.7. The van der Waals surface area contributed by atoms with Crippen LogP contribution >= 0.6 is 23.2 Å². The van der Waals surface area contributed by atoms with Crippen molar-refractivity contribution in [2.45, 2.75) is 56.5 Å². The van der Waals surface area contributed by atoms with Crippen LogP contribution in [-0.4, -0.2) is 36.0 Å². The van der Waals surface area contributed by atoms with Crippen molar-refractivity contribution < 1.29 is 4.79 Å². The Balaban J connectivity index is 1.34. The highest BCUT2D eigenvalue weighted by atomic mass is 35.5. The van der Waals surface area contributed by atoms with Crippen LogP contribution < -0.4 is 4.90 Å². The van der Waals surface area contributed by atoms with E-state index >= 15 is 0 Å². The lowest BCUT2D eigenvalue weighted by molar-refractivity contribution is 0.0895. The summed E-state index contributed by atoms with van der Waals surface area (Å²) in [5.41, 5.74) is 3.02. The molecule has 2 aliphatic rings. The molecule has 182 valence electrons. The molecule has 35 heavy (non-hydrogen) atoms. The lowest BCUT2D eigenvalue weighted by atomic mass is 9.78. The first-order valence-electron chi connectivity index (χ1n) is 12.7. The second-order valence-electron chi connectivity index (χ2n) is 9.79. The molecule has 0 spiro atoms. The van der Waals surface area contributed by atoms with E-state index in [9.17, 15) is 4.79 Å². The SMILES string of the molecule is O=C(c1ccc(Cl)cc1)N(c1ccc(Cl)cc1)C1CCN([C@@H]2CCCC[C@@H]2c2ccccc2)CC1. The van der Waals surface area contributed by atoms with Gasteiger partial charge in [0, 0.05) is 46.5 Å². The van der Waals surface area contributed by atoms with Gasteiger partial charge in [-0.15, -0.1) is 0 Å². The van der Waals surface area contributed by atoms with Gasteiger partial charge in [-0.25, -0.2) is 0 Å². The van der Waals surface area contributed by atoms with Crippen LogP contribution in [0, 0.1) is 0 Å². The third-order valence-electron chi connectivity index (χ3n) is 7.71. The standard InChI is InChI=1S/C30H32Cl2N2O/c31-24-12-10-23(11-13-24)30(35)34(26-16-14-25(32)15-17-26)27-18-20-33(21-19-27)29-9-5-4-8-28(29)22-6-2-1-3-7-22/h1-3,6-7,10-17,27-29H,4-5,8-9,18-21H2/t28-,29-/m1/s1. The highest BCUT2D eigenvalue weighted by Crippen LogP contribution is 2.38. The third-order valence-corrected chi connectivity index (χ3v) is 8.21. The number of rotatable bonds is 5. The number of carbonyl (C=O) groups excluding carboxylic acids is 1. The molecule has 3 nitrogen and oxygen atoms in total. The van der Waals surface area contributed by atoms with E-state index in [0.717, 1.165) is 31.6 Å². The van der Waals surface area contributed by atoms with E-state index in [0.29, 0.717) is 27.6 Å². The fraction of sp³-hybridized carbons (Fsp3) is 0.367. The van der Waals surface area contributed by atoms with Crippen molar-refractivity contribution in [2.75, 3.05) is 18.0 Å². The van der Waals surface area contributed by atoms with Gasteiger partial charge < -0.3 is 4.90 Å². The first-order chi connectivity index (χ1) is 17.1. The number of halogens is 2. The van der Waals surface area contributed by atoms with Crippen molar-refractivity contribution in [2.24, 2.45) is 0 Å². The number of carbonyl (C=O) groups is 1. The van der Waals surface area contributed by atoms with Crippen LogP contribution in [0.4, 0.5) is 5.69 Å². The Labute approximate surface area is 218 Å². The smallest absolute Gasteiger partial charge is 0.258 e. The molecular formula is C30H32Cl2N2O. The van der Waals surface area contributed by atoms with E-state index in [-0.39, 0.29) is 11.9 Å². The van der Waals surface area contributed by atoms with Crippen molar-refractivity contribution in [1.82, 2.24) is 4.90 Å². The van der Waals surface area contributed by atoms with Crippen molar-refractivity contribution >= 4 is 34.8 Å². The van der Waals surface area contributed by atoms with Gasteiger partial charge in [-0.2, -0.15) is 0 Å². The normalized spacial score (nSPS) is 21.5. The van der Waals surface area contributed by atoms with Crippen LogP contribution in [0.2, 0.25) is 10.0 Å². The molecular weight excluding hydrogens is 475 g/mol. The van der Waals surface area contributed by atoms with Gasteiger partial charge in [0.25, 0.3) is 5.91 Å². The predicted molar refractivity (Wildman–Crippen MR) is 146 cm³/mol. The molecule has 5 heteroatoms. The van der Waals surface area contributed by atoms with E-state index in [1.165, 1.54) is 31.2 Å². The second kappa shape index (κ2) is 11.2. The number of amides is 1. The molecule has 1 amide bonds. The summed E-state index contributed by atoms with van der Waals surface area (Å²) in [6, 6.07) is 26.6. The average molecular weight is 508 g/mol. The molecule has 1 saturated heterocycles. The van der Waals surface area contributed by atoms with Crippen LogP contribution in [0.25, 0.3) is 0 Å². The Bertz CT molecular complexity index is 1110. The van der Waals surface area contributed by atoms with E-state index in [4.69, 9.17) is 23.2 Å². The van der Waals surface area contributed by atoms with Gasteiger partial charge in [0.05, 0.1) is 0 Å². The Morgan fingerprint density at radius 3 is 2.00 bits per heavy atom. The summed E-state index contributed by atoms with van der Waals surface area (Å²) < 4.78 is 0. The summed E-state index contributed by atoms with van der Waals surface area (Å²) >= 11 is 12.2. The van der Waals surface area contributed by atoms with Crippen LogP contribution in [0.1, 0.15) is 60.4 Å². The monoisotopic (exact) mass is 506 g/mol. The lowest BCUT2D eigenvalue weighted by Crippen LogP contribution is -2.51. The summed E-state index contributed by atoms with van der Waals surface area (Å²) in [6.07, 6.45) is 7.06. The number of piperidine rings is 1. The van der Waals surface area contributed by atoms with Gasteiger partial charge in [0.15, 0.2) is 0 Å². The largest absolute Gasteiger partial charge is 0.305 e. The number of anilines is 1. The number of hydrogen-bond donors (Lipinski definition) is 0. The molecule has 1 aliphatic carbocycles. The molecule has 0 unspecified atom stereocenters. The molecule has 3 aromatic rings. The zero-order valence-electron chi connectivity index (χ0n) is 20.0. The highest BCUT2D eigenvalue weighted by Gasteiger charge is 2.36. The molecule has 5 rings (SSSR count). The van der Waals surface area contributed by atoms with E-state index in [1.807, 2.05) is 41.3 Å². The van der Waals surface area contributed by atoms with Crippen LogP contribution in [0.15, 0.2) is 78.9 Å². The average Bonchev–Trinajstić information content (AvgIpc) is 2.91. The minimum absolute atomic E-state index is 0.0160. The van der Waals surface area contributed by atoms with Crippen molar-refractivity contribution in [3.63, 3.8) is 0 Å². The Hall–Kier alpha value is -2.33. The Morgan fingerprint density at radius 1 is 0.743 bits per heavy atom. The van der Waals surface area contributed by atoms with E-state index < -0.39 is 0 Å². The van der Waals surface area contributed by atoms with Crippen molar-refractivity contribution in [1.29, 1.82) is 0 Å². The van der Waals surface area contributed by atoms with Crippen molar-refractivity contribution in [3.8, 4) is 0 Å². The molecule has 1 aliphatic heterocycles. The lowest BCUT2D eigenvalue weighted by Gasteiger charge is -2.45. The number of likely N-dealkylation sites (tertiary alicyclic amines) is 1. The van der Waals surface area contributed by atoms with Crippen molar-refractivity contribution in [3.05, 3.63) is 100 Å². The molecule has 0 radical (unpaired) electrons. The molecule has 1 heterocycles. The third kappa shape index (κ3) is 5.58. The number of hydrogen-bond acceptors (Lipinski definition) is 2. The van der Waals surface area contributed by atoms with Gasteiger partial charge >= 0.3 is 0 Å². The fourth-order valence-corrected chi connectivity index (χ4v) is 6.19. The zero-order valence-corrected chi connectivity index (χ0v) is 21.5. The van der Waals surface area contributed by atoms with Gasteiger partial charge in [0.2, 0.25) is 0 Å². The van der Waals surface area contributed by atoms with E-state index in [2.05, 4.69) is 35.2 Å². The summed E-state index contributed by atoms with van der Waals surface area (Å²) in [5.74, 6) is 0.617. The zero-order chi connectivity index (χ0) is 24.2. The molecule has 2 fully saturated rings.